The van der Waals surface area contributed by atoms with Gasteiger partial charge in [-0.1, -0.05) is 0 Å². The Morgan fingerprint density at radius 3 is 2.89 bits per heavy atom. The highest BCUT2D eigenvalue weighted by molar-refractivity contribution is 7.13. The number of rotatable bonds is 4. The summed E-state index contributed by atoms with van der Waals surface area (Å²) >= 11 is 1.74. The lowest BCUT2D eigenvalue weighted by atomic mass is 10.1. The first kappa shape index (κ1) is 12.4. The molecule has 0 bridgehead atoms. The van der Waals surface area contributed by atoms with Crippen LogP contribution >= 0.6 is 11.3 Å². The first-order valence-electron chi connectivity index (χ1n) is 6.90. The molecule has 4 nitrogen and oxygen atoms in total. The van der Waals surface area contributed by atoms with E-state index in [0.29, 0.717) is 6.10 Å². The number of hydrogen-bond acceptors (Lipinski definition) is 5. The molecule has 0 saturated carbocycles. The van der Waals surface area contributed by atoms with Gasteiger partial charge in [0, 0.05) is 50.9 Å². The number of nitrogens with zero attached hydrogens (tertiary/aromatic N) is 3. The number of ether oxygens (including phenoxy) is 1. The van der Waals surface area contributed by atoms with Gasteiger partial charge in [0.15, 0.2) is 5.13 Å². The lowest BCUT2D eigenvalue weighted by Crippen LogP contribution is -2.47. The highest BCUT2D eigenvalue weighted by atomic mass is 32.1. The van der Waals surface area contributed by atoms with Gasteiger partial charge in [-0.05, 0) is 19.3 Å². The van der Waals surface area contributed by atoms with E-state index in [4.69, 9.17) is 4.74 Å². The van der Waals surface area contributed by atoms with Crippen molar-refractivity contribution in [1.29, 1.82) is 0 Å². The number of anilines is 1. The van der Waals surface area contributed by atoms with Crippen LogP contribution in [0, 0.1) is 0 Å². The Balaban J connectivity index is 1.40. The summed E-state index contributed by atoms with van der Waals surface area (Å²) in [5.41, 5.74) is 0. The molecule has 2 saturated heterocycles. The van der Waals surface area contributed by atoms with Crippen molar-refractivity contribution >= 4 is 16.5 Å². The average Bonchev–Trinajstić information content (AvgIpc) is 3.10. The van der Waals surface area contributed by atoms with Crippen molar-refractivity contribution in [2.24, 2.45) is 0 Å². The first-order valence-corrected chi connectivity index (χ1v) is 7.78. The van der Waals surface area contributed by atoms with E-state index in [1.165, 1.54) is 30.9 Å². The summed E-state index contributed by atoms with van der Waals surface area (Å²) in [6.45, 7) is 6.70. The van der Waals surface area contributed by atoms with Crippen LogP contribution in [0.2, 0.25) is 0 Å². The normalized spacial score (nSPS) is 25.8. The van der Waals surface area contributed by atoms with Crippen LogP contribution in [-0.4, -0.2) is 55.3 Å². The van der Waals surface area contributed by atoms with Crippen LogP contribution in [0.1, 0.15) is 19.3 Å². The second kappa shape index (κ2) is 5.99. The Morgan fingerprint density at radius 1 is 1.33 bits per heavy atom. The average molecular weight is 267 g/mol. The Hall–Kier alpha value is -0.650. The van der Waals surface area contributed by atoms with Crippen molar-refractivity contribution in [3.8, 4) is 0 Å². The summed E-state index contributed by atoms with van der Waals surface area (Å²) in [6.07, 6.45) is 6.14. The van der Waals surface area contributed by atoms with Gasteiger partial charge in [0.25, 0.3) is 0 Å². The molecule has 0 radical (unpaired) electrons. The van der Waals surface area contributed by atoms with Crippen molar-refractivity contribution in [1.82, 2.24) is 9.88 Å². The highest BCUT2D eigenvalue weighted by Crippen LogP contribution is 2.20. The largest absolute Gasteiger partial charge is 0.378 e. The molecule has 18 heavy (non-hydrogen) atoms. The third kappa shape index (κ3) is 3.02. The molecule has 1 atom stereocenters. The third-order valence-corrected chi connectivity index (χ3v) is 4.69. The van der Waals surface area contributed by atoms with Gasteiger partial charge in [0.1, 0.15) is 0 Å². The summed E-state index contributed by atoms with van der Waals surface area (Å²) in [7, 11) is 0. The van der Waals surface area contributed by atoms with E-state index in [0.717, 1.165) is 32.8 Å². The monoisotopic (exact) mass is 267 g/mol. The van der Waals surface area contributed by atoms with Gasteiger partial charge in [0.2, 0.25) is 0 Å². The summed E-state index contributed by atoms with van der Waals surface area (Å²) in [5, 5.41) is 3.23. The quantitative estimate of drug-likeness (QED) is 0.832. The number of aromatic nitrogens is 1. The molecule has 1 aromatic heterocycles. The van der Waals surface area contributed by atoms with Crippen molar-refractivity contribution in [3.63, 3.8) is 0 Å². The fourth-order valence-corrected chi connectivity index (χ4v) is 3.43. The predicted molar refractivity (Wildman–Crippen MR) is 74.4 cm³/mol. The van der Waals surface area contributed by atoms with Gasteiger partial charge in [-0.25, -0.2) is 4.98 Å². The van der Waals surface area contributed by atoms with E-state index in [-0.39, 0.29) is 0 Å². The van der Waals surface area contributed by atoms with Gasteiger partial charge in [-0.3, -0.25) is 4.90 Å². The van der Waals surface area contributed by atoms with Crippen molar-refractivity contribution in [2.45, 2.75) is 25.4 Å². The van der Waals surface area contributed by atoms with Crippen LogP contribution in [0.25, 0.3) is 0 Å². The summed E-state index contributed by atoms with van der Waals surface area (Å²) in [6, 6.07) is 0. The molecule has 100 valence electrons. The molecular weight excluding hydrogens is 246 g/mol. The zero-order chi connectivity index (χ0) is 12.2. The molecule has 0 aromatic carbocycles. The molecule has 3 heterocycles. The molecule has 0 aliphatic carbocycles. The summed E-state index contributed by atoms with van der Waals surface area (Å²) < 4.78 is 5.68. The van der Waals surface area contributed by atoms with E-state index in [9.17, 15) is 0 Å². The fraction of sp³-hybridized carbons (Fsp3) is 0.769. The van der Waals surface area contributed by atoms with Gasteiger partial charge >= 0.3 is 0 Å². The minimum absolute atomic E-state index is 0.530. The summed E-state index contributed by atoms with van der Waals surface area (Å²) in [4.78, 5) is 9.34. The molecule has 5 heteroatoms. The molecular formula is C13H21N3OS. The van der Waals surface area contributed by atoms with Gasteiger partial charge in [-0.2, -0.15) is 0 Å². The SMILES string of the molecule is c1csc(N2CCN(CCC3CCCO3)CC2)n1. The Morgan fingerprint density at radius 2 is 2.22 bits per heavy atom. The second-order valence-electron chi connectivity index (χ2n) is 5.07. The molecule has 1 aromatic rings. The maximum atomic E-state index is 5.68. The lowest BCUT2D eigenvalue weighted by Gasteiger charge is -2.34. The maximum absolute atomic E-state index is 5.68. The van der Waals surface area contributed by atoms with E-state index >= 15 is 0 Å². The number of thiazole rings is 1. The molecule has 0 N–H and O–H groups in total. The molecule has 0 amide bonds. The van der Waals surface area contributed by atoms with E-state index in [1.54, 1.807) is 11.3 Å². The standard InChI is InChI=1S/C13H21N3OS/c1-2-12(17-10-1)3-5-15-6-8-16(9-7-15)13-14-4-11-18-13/h4,11-12H,1-3,5-10H2. The molecule has 2 aliphatic rings. The lowest BCUT2D eigenvalue weighted by molar-refractivity contribution is 0.0911. The fourth-order valence-electron chi connectivity index (χ4n) is 2.73. The first-order chi connectivity index (χ1) is 8.92. The topological polar surface area (TPSA) is 28.6 Å². The predicted octanol–water partition coefficient (Wildman–Crippen LogP) is 1.83. The Kier molecular flexibility index (Phi) is 4.13. The highest BCUT2D eigenvalue weighted by Gasteiger charge is 2.21. The smallest absolute Gasteiger partial charge is 0.185 e. The Bertz CT molecular complexity index is 343. The van der Waals surface area contributed by atoms with E-state index < -0.39 is 0 Å². The van der Waals surface area contributed by atoms with Crippen LogP contribution in [-0.2, 0) is 4.74 Å². The van der Waals surface area contributed by atoms with Crippen LogP contribution in [0.4, 0.5) is 5.13 Å². The van der Waals surface area contributed by atoms with Crippen molar-refractivity contribution in [3.05, 3.63) is 11.6 Å². The second-order valence-corrected chi connectivity index (χ2v) is 5.94. The van der Waals surface area contributed by atoms with E-state index in [1.807, 2.05) is 6.20 Å². The molecule has 0 spiro atoms. The Labute approximate surface area is 113 Å². The van der Waals surface area contributed by atoms with Crippen molar-refractivity contribution < 1.29 is 4.74 Å². The van der Waals surface area contributed by atoms with Gasteiger partial charge in [0.05, 0.1) is 6.10 Å². The zero-order valence-corrected chi connectivity index (χ0v) is 11.6. The molecule has 1 unspecified atom stereocenters. The molecule has 2 aliphatic heterocycles. The van der Waals surface area contributed by atoms with Crippen LogP contribution in [0.5, 0.6) is 0 Å². The van der Waals surface area contributed by atoms with E-state index in [2.05, 4.69) is 20.2 Å². The minimum Gasteiger partial charge on any atom is -0.378 e. The van der Waals surface area contributed by atoms with Crippen LogP contribution in [0.3, 0.4) is 0 Å². The summed E-state index contributed by atoms with van der Waals surface area (Å²) in [5.74, 6) is 0. The maximum Gasteiger partial charge on any atom is 0.185 e. The van der Waals surface area contributed by atoms with Crippen LogP contribution < -0.4 is 4.90 Å². The number of piperazine rings is 1. The number of hydrogen-bond donors (Lipinski definition) is 0. The zero-order valence-electron chi connectivity index (χ0n) is 10.8. The van der Waals surface area contributed by atoms with Crippen LogP contribution in [0.15, 0.2) is 11.6 Å². The van der Waals surface area contributed by atoms with Gasteiger partial charge < -0.3 is 9.64 Å². The van der Waals surface area contributed by atoms with Gasteiger partial charge in [-0.15, -0.1) is 11.3 Å². The molecule has 3 rings (SSSR count). The third-order valence-electron chi connectivity index (χ3n) is 3.85. The minimum atomic E-state index is 0.530. The van der Waals surface area contributed by atoms with Crippen molar-refractivity contribution in [2.75, 3.05) is 44.2 Å². The molecule has 2 fully saturated rings.